The highest BCUT2D eigenvalue weighted by Gasteiger charge is 2.35. The first-order valence-corrected chi connectivity index (χ1v) is 17.0. The second-order valence-corrected chi connectivity index (χ2v) is 13.3. The van der Waals surface area contributed by atoms with Gasteiger partial charge in [-0.3, -0.25) is 13.9 Å². The normalized spacial score (nSPS) is 11.9. The summed E-state index contributed by atoms with van der Waals surface area (Å²) in [6, 6.07) is 29.4. The fraction of sp³-hybridized carbons (Fsp3) is 0.278. The number of rotatable bonds is 14. The number of sulfonamides is 1. The molecule has 0 spiro atoms. The predicted molar refractivity (Wildman–Crippen MR) is 181 cm³/mol. The Morgan fingerprint density at radius 3 is 2.18 bits per heavy atom. The summed E-state index contributed by atoms with van der Waals surface area (Å²) in [6.07, 6.45) is 1.54. The van der Waals surface area contributed by atoms with E-state index in [2.05, 4.69) is 5.32 Å². The molecule has 0 heterocycles. The molecular weight excluding hydrogens is 606 g/mol. The second-order valence-electron chi connectivity index (χ2n) is 11.0. The van der Waals surface area contributed by atoms with Crippen molar-refractivity contribution in [1.29, 1.82) is 0 Å². The summed E-state index contributed by atoms with van der Waals surface area (Å²) >= 11 is 6.31. The molecule has 9 heteroatoms. The molecule has 0 aliphatic carbocycles. The third kappa shape index (κ3) is 8.74. The minimum Gasteiger partial charge on any atom is -0.354 e. The van der Waals surface area contributed by atoms with Crippen molar-refractivity contribution in [2.24, 2.45) is 0 Å². The minimum absolute atomic E-state index is 0.0598. The number of amides is 2. The number of aryl methyl sites for hydroxylation is 2. The van der Waals surface area contributed by atoms with Crippen LogP contribution in [0.15, 0.2) is 108 Å². The summed E-state index contributed by atoms with van der Waals surface area (Å²) in [6.45, 7) is 5.79. The largest absolute Gasteiger partial charge is 0.354 e. The molecule has 236 valence electrons. The van der Waals surface area contributed by atoms with Crippen molar-refractivity contribution < 1.29 is 18.0 Å². The molecule has 1 atom stereocenters. The third-order valence-electron chi connectivity index (χ3n) is 7.59. The van der Waals surface area contributed by atoms with Gasteiger partial charge in [-0.2, -0.15) is 0 Å². The molecule has 2 amide bonds. The Hall–Kier alpha value is -4.14. The number of benzene rings is 4. The average molecular weight is 646 g/mol. The van der Waals surface area contributed by atoms with Crippen LogP contribution in [0.1, 0.15) is 42.5 Å². The summed E-state index contributed by atoms with van der Waals surface area (Å²) in [5.74, 6) is -0.817. The number of nitrogens with zero attached hydrogens (tertiary/aromatic N) is 2. The second kappa shape index (κ2) is 15.7. The minimum atomic E-state index is -4.17. The Labute approximate surface area is 271 Å². The Morgan fingerprint density at radius 2 is 1.51 bits per heavy atom. The van der Waals surface area contributed by atoms with E-state index < -0.39 is 28.5 Å². The molecule has 45 heavy (non-hydrogen) atoms. The lowest BCUT2D eigenvalue weighted by atomic mass is 10.0. The Balaban J connectivity index is 1.82. The molecule has 4 aromatic rings. The number of hydrogen-bond donors (Lipinski definition) is 1. The molecule has 1 N–H and O–H groups in total. The Kier molecular flexibility index (Phi) is 11.8. The molecule has 0 aliphatic heterocycles. The highest BCUT2D eigenvalue weighted by atomic mass is 35.5. The molecule has 0 aromatic heterocycles. The summed E-state index contributed by atoms with van der Waals surface area (Å²) in [4.78, 5) is 29.9. The highest BCUT2D eigenvalue weighted by molar-refractivity contribution is 7.92. The number of carbonyl (C=O) groups excluding carboxylic acids is 2. The molecular formula is C36H40ClN3O4S. The lowest BCUT2D eigenvalue weighted by Crippen LogP contribution is -2.53. The molecule has 0 aliphatic rings. The smallest absolute Gasteiger partial charge is 0.264 e. The van der Waals surface area contributed by atoms with E-state index in [4.69, 9.17) is 11.6 Å². The van der Waals surface area contributed by atoms with Crippen molar-refractivity contribution in [2.75, 3.05) is 17.4 Å². The lowest BCUT2D eigenvalue weighted by Gasteiger charge is -2.34. The highest BCUT2D eigenvalue weighted by Crippen LogP contribution is 2.29. The molecule has 4 aromatic carbocycles. The van der Waals surface area contributed by atoms with Gasteiger partial charge in [-0.05, 0) is 66.8 Å². The van der Waals surface area contributed by atoms with E-state index in [0.29, 0.717) is 23.7 Å². The van der Waals surface area contributed by atoms with Gasteiger partial charge in [-0.15, -0.1) is 0 Å². The van der Waals surface area contributed by atoms with E-state index in [1.54, 1.807) is 54.6 Å². The zero-order valence-corrected chi connectivity index (χ0v) is 27.5. The van der Waals surface area contributed by atoms with Crippen molar-refractivity contribution in [3.63, 3.8) is 0 Å². The van der Waals surface area contributed by atoms with Crippen LogP contribution in [0, 0.1) is 6.92 Å². The van der Waals surface area contributed by atoms with Crippen LogP contribution in [-0.2, 0) is 39.0 Å². The lowest BCUT2D eigenvalue weighted by molar-refractivity contribution is -0.140. The molecule has 7 nitrogen and oxygen atoms in total. The number of carbonyl (C=O) groups is 2. The standard InChI is InChI=1S/C36H40ClN3O4S/c1-4-22-38-36(42)34(24-28-12-7-6-8-13-28)39(25-29-14-11-16-31(37)23-29)35(41)26-40(33-17-10-9-15-30(33)5-2)45(43,44)32-20-18-27(3)19-21-32/h6-21,23,34H,4-5,22,24-26H2,1-3H3,(H,38,42). The number of nitrogens with one attached hydrogen (secondary N) is 1. The number of halogens is 1. The Morgan fingerprint density at radius 1 is 0.844 bits per heavy atom. The van der Waals surface area contributed by atoms with Gasteiger partial charge in [0.15, 0.2) is 0 Å². The van der Waals surface area contributed by atoms with Gasteiger partial charge in [0, 0.05) is 24.5 Å². The summed E-state index contributed by atoms with van der Waals surface area (Å²) < 4.78 is 29.7. The molecule has 1 unspecified atom stereocenters. The van der Waals surface area contributed by atoms with Crippen molar-refractivity contribution in [3.8, 4) is 0 Å². The van der Waals surface area contributed by atoms with Crippen LogP contribution in [-0.4, -0.2) is 44.3 Å². The fourth-order valence-electron chi connectivity index (χ4n) is 5.16. The van der Waals surface area contributed by atoms with Crippen LogP contribution in [0.4, 0.5) is 5.69 Å². The molecule has 0 saturated carbocycles. The average Bonchev–Trinajstić information content (AvgIpc) is 3.04. The van der Waals surface area contributed by atoms with Crippen LogP contribution in [0.3, 0.4) is 0 Å². The Bertz CT molecular complexity index is 1700. The van der Waals surface area contributed by atoms with Crippen LogP contribution in [0.25, 0.3) is 0 Å². The van der Waals surface area contributed by atoms with Gasteiger partial charge in [0.05, 0.1) is 10.6 Å². The van der Waals surface area contributed by atoms with Crippen molar-refractivity contribution in [3.05, 3.63) is 130 Å². The maximum absolute atomic E-state index is 14.6. The van der Waals surface area contributed by atoms with Crippen molar-refractivity contribution in [2.45, 2.75) is 57.5 Å². The van der Waals surface area contributed by atoms with Crippen LogP contribution >= 0.6 is 11.6 Å². The van der Waals surface area contributed by atoms with Crippen LogP contribution in [0.5, 0.6) is 0 Å². The van der Waals surface area contributed by atoms with Gasteiger partial charge in [0.2, 0.25) is 11.8 Å². The number of para-hydroxylation sites is 1. The predicted octanol–water partition coefficient (Wildman–Crippen LogP) is 6.57. The van der Waals surface area contributed by atoms with Gasteiger partial charge in [-0.25, -0.2) is 8.42 Å². The summed E-state index contributed by atoms with van der Waals surface area (Å²) in [7, 11) is -4.17. The SMILES string of the molecule is CCCNC(=O)C(Cc1ccccc1)N(Cc1cccc(Cl)c1)C(=O)CN(c1ccccc1CC)S(=O)(=O)c1ccc(C)cc1. The van der Waals surface area contributed by atoms with E-state index >= 15 is 0 Å². The van der Waals surface area contributed by atoms with Crippen molar-refractivity contribution >= 4 is 39.1 Å². The van der Waals surface area contributed by atoms with E-state index in [9.17, 15) is 18.0 Å². The fourth-order valence-corrected chi connectivity index (χ4v) is 6.82. The molecule has 4 rings (SSSR count). The van der Waals surface area contributed by atoms with E-state index in [0.717, 1.165) is 28.7 Å². The quantitative estimate of drug-likeness (QED) is 0.168. The summed E-state index contributed by atoms with van der Waals surface area (Å²) in [5, 5.41) is 3.45. The van der Waals surface area contributed by atoms with Gasteiger partial charge >= 0.3 is 0 Å². The van der Waals surface area contributed by atoms with E-state index in [1.165, 1.54) is 9.21 Å². The van der Waals surface area contributed by atoms with E-state index in [-0.39, 0.29) is 23.8 Å². The summed E-state index contributed by atoms with van der Waals surface area (Å²) in [5.41, 5.74) is 3.72. The molecule has 0 saturated heterocycles. The monoisotopic (exact) mass is 645 g/mol. The van der Waals surface area contributed by atoms with Gasteiger partial charge < -0.3 is 10.2 Å². The molecule has 0 radical (unpaired) electrons. The maximum Gasteiger partial charge on any atom is 0.264 e. The molecule has 0 bridgehead atoms. The van der Waals surface area contributed by atoms with Gasteiger partial charge in [-0.1, -0.05) is 104 Å². The van der Waals surface area contributed by atoms with Crippen LogP contribution < -0.4 is 9.62 Å². The topological polar surface area (TPSA) is 86.8 Å². The van der Waals surface area contributed by atoms with Gasteiger partial charge in [0.1, 0.15) is 12.6 Å². The first-order chi connectivity index (χ1) is 21.6. The number of anilines is 1. The first-order valence-electron chi connectivity index (χ1n) is 15.2. The van der Waals surface area contributed by atoms with Gasteiger partial charge in [0.25, 0.3) is 10.0 Å². The first kappa shape index (κ1) is 33.7. The van der Waals surface area contributed by atoms with Crippen molar-refractivity contribution in [1.82, 2.24) is 10.2 Å². The van der Waals surface area contributed by atoms with E-state index in [1.807, 2.05) is 69.3 Å². The zero-order chi connectivity index (χ0) is 32.4. The van der Waals surface area contributed by atoms with Crippen LogP contribution in [0.2, 0.25) is 5.02 Å². The number of hydrogen-bond acceptors (Lipinski definition) is 4. The zero-order valence-electron chi connectivity index (χ0n) is 25.9. The maximum atomic E-state index is 14.6. The third-order valence-corrected chi connectivity index (χ3v) is 9.60. The molecule has 0 fully saturated rings.